The number of amides is 2. The lowest BCUT2D eigenvalue weighted by Crippen LogP contribution is -2.54. The molecule has 0 aliphatic heterocycles. The van der Waals surface area contributed by atoms with Gasteiger partial charge in [-0.25, -0.2) is 0 Å². The highest BCUT2D eigenvalue weighted by Crippen LogP contribution is 2.47. The topological polar surface area (TPSA) is 95.5 Å². The molecule has 0 heterocycles. The Kier molecular flexibility index (Phi) is 10.5. The van der Waals surface area contributed by atoms with Gasteiger partial charge in [0.05, 0.1) is 0 Å². The maximum atomic E-state index is 13.1. The number of hydrogen-bond acceptors (Lipinski definition) is 3. The monoisotopic (exact) mass is 540 g/mol. The lowest BCUT2D eigenvalue weighted by molar-refractivity contribution is -0.142. The van der Waals surface area contributed by atoms with Gasteiger partial charge in [0.1, 0.15) is 6.04 Å². The van der Waals surface area contributed by atoms with Gasteiger partial charge in [-0.05, 0) is 34.9 Å². The van der Waals surface area contributed by atoms with Crippen LogP contribution in [0.2, 0.25) is 0 Å². The lowest BCUT2D eigenvalue weighted by atomic mass is 9.85. The Morgan fingerprint density at radius 2 is 1.46 bits per heavy atom. The number of halogens is 3. The van der Waals surface area contributed by atoms with E-state index in [1.807, 2.05) is 42.5 Å². The van der Waals surface area contributed by atoms with Crippen molar-refractivity contribution in [1.29, 1.82) is 0 Å². The van der Waals surface area contributed by atoms with Crippen molar-refractivity contribution in [2.24, 2.45) is 11.3 Å². The molecule has 0 radical (unpaired) electrons. The van der Waals surface area contributed by atoms with E-state index < -0.39 is 61.7 Å². The van der Waals surface area contributed by atoms with Crippen LogP contribution in [-0.2, 0) is 26.7 Å². The number of carbonyl (C=O) groups is 2. The number of carbonyl (C=O) groups excluding carboxylic acids is 2. The maximum Gasteiger partial charge on any atom is 0.389 e. The van der Waals surface area contributed by atoms with Crippen molar-refractivity contribution in [1.82, 2.24) is 10.6 Å². The minimum atomic E-state index is -4.53. The minimum Gasteiger partial charge on any atom is -0.357 e. The maximum absolute atomic E-state index is 13.1. The third kappa shape index (κ3) is 10.7. The van der Waals surface area contributed by atoms with Crippen molar-refractivity contribution in [2.75, 3.05) is 13.2 Å². The van der Waals surface area contributed by atoms with Gasteiger partial charge in [-0.1, -0.05) is 75.4 Å². The fraction of sp³-hybridized carbons (Fsp3) is 0.481. The molecule has 0 aromatic heterocycles. The predicted octanol–water partition coefficient (Wildman–Crippen LogP) is 5.28. The number of alkyl halides is 3. The van der Waals surface area contributed by atoms with Crippen LogP contribution >= 0.6 is 7.37 Å². The Labute approximate surface area is 216 Å². The molecule has 0 aliphatic rings. The summed E-state index contributed by atoms with van der Waals surface area (Å²) in [4.78, 5) is 36.0. The molecule has 2 amide bonds. The molecule has 10 heteroatoms. The summed E-state index contributed by atoms with van der Waals surface area (Å²) in [5.74, 6) is -2.73. The van der Waals surface area contributed by atoms with E-state index in [2.05, 4.69) is 10.6 Å². The van der Waals surface area contributed by atoms with Gasteiger partial charge in [0, 0.05) is 31.7 Å². The Morgan fingerprint density at radius 3 is 1.97 bits per heavy atom. The van der Waals surface area contributed by atoms with Crippen molar-refractivity contribution >= 4 is 19.2 Å². The smallest absolute Gasteiger partial charge is 0.357 e. The van der Waals surface area contributed by atoms with Crippen molar-refractivity contribution in [3.8, 4) is 0 Å². The third-order valence-corrected chi connectivity index (χ3v) is 7.89. The molecule has 0 bridgehead atoms. The molecule has 0 spiro atoms. The fourth-order valence-electron chi connectivity index (χ4n) is 4.01. The largest absolute Gasteiger partial charge is 0.389 e. The number of rotatable bonds is 11. The highest BCUT2D eigenvalue weighted by molar-refractivity contribution is 7.57. The Balaban J connectivity index is 2.15. The zero-order valence-electron chi connectivity index (χ0n) is 21.6. The first kappa shape index (κ1) is 30.6. The van der Waals surface area contributed by atoms with Crippen LogP contribution in [0.5, 0.6) is 0 Å². The highest BCUT2D eigenvalue weighted by atomic mass is 31.2. The molecular weight excluding hydrogens is 504 g/mol. The van der Waals surface area contributed by atoms with E-state index in [9.17, 15) is 32.2 Å². The van der Waals surface area contributed by atoms with Gasteiger partial charge in [-0.3, -0.25) is 14.2 Å². The third-order valence-electron chi connectivity index (χ3n) is 6.02. The average molecular weight is 541 g/mol. The Morgan fingerprint density at radius 1 is 0.919 bits per heavy atom. The van der Waals surface area contributed by atoms with Crippen LogP contribution in [0.1, 0.15) is 50.3 Å². The van der Waals surface area contributed by atoms with E-state index >= 15 is 0 Å². The molecule has 2 aromatic carbocycles. The quantitative estimate of drug-likeness (QED) is 0.338. The van der Waals surface area contributed by atoms with Crippen molar-refractivity contribution in [3.63, 3.8) is 0 Å². The van der Waals surface area contributed by atoms with E-state index in [1.54, 1.807) is 32.9 Å². The van der Waals surface area contributed by atoms with Crippen LogP contribution in [0.25, 0.3) is 0 Å². The van der Waals surface area contributed by atoms with Crippen molar-refractivity contribution in [2.45, 2.75) is 58.4 Å². The summed E-state index contributed by atoms with van der Waals surface area (Å²) in [6, 6.07) is 15.9. The second kappa shape index (κ2) is 12.7. The van der Waals surface area contributed by atoms with E-state index in [-0.39, 0.29) is 6.16 Å². The van der Waals surface area contributed by atoms with Crippen LogP contribution in [0.4, 0.5) is 13.2 Å². The Bertz CT molecular complexity index is 1080. The molecule has 2 rings (SSSR count). The molecule has 2 unspecified atom stereocenters. The van der Waals surface area contributed by atoms with Crippen molar-refractivity contribution in [3.05, 3.63) is 71.3 Å². The van der Waals surface area contributed by atoms with Gasteiger partial charge in [-0.15, -0.1) is 0 Å². The van der Waals surface area contributed by atoms with Crippen LogP contribution in [-0.4, -0.2) is 42.1 Å². The number of likely N-dealkylation sites (N-methyl/N-ethyl adjacent to an activating group) is 1. The van der Waals surface area contributed by atoms with Crippen LogP contribution in [0, 0.1) is 11.3 Å². The zero-order chi connectivity index (χ0) is 27.9. The average Bonchev–Trinajstić information content (AvgIpc) is 2.80. The summed E-state index contributed by atoms with van der Waals surface area (Å²) >= 11 is 0. The summed E-state index contributed by atoms with van der Waals surface area (Å²) in [5.41, 5.74) is 1.95. The Hall–Kier alpha value is -2.64. The molecule has 0 fully saturated rings. The first-order valence-electron chi connectivity index (χ1n) is 12.1. The second-order valence-electron chi connectivity index (χ2n) is 10.4. The lowest BCUT2D eigenvalue weighted by Gasteiger charge is -2.31. The number of benzene rings is 2. The molecule has 37 heavy (non-hydrogen) atoms. The minimum absolute atomic E-state index is 0.271. The van der Waals surface area contributed by atoms with Crippen molar-refractivity contribution < 1.29 is 32.2 Å². The zero-order valence-corrected chi connectivity index (χ0v) is 22.5. The second-order valence-corrected chi connectivity index (χ2v) is 12.8. The van der Waals surface area contributed by atoms with E-state index in [0.717, 1.165) is 11.1 Å². The highest BCUT2D eigenvalue weighted by Gasteiger charge is 2.38. The number of hydrogen-bond donors (Lipinski definition) is 3. The standard InChI is InChI=1S/C27H36F3N2O4P/c1-26(2,3)23(25(34)31-4)32-24(33)22(14-15-27(28,29)30)18-37(35,36)17-21-12-10-20(11-13-21)16-19-8-6-5-7-9-19/h5-13,22-23H,14-18H2,1-4H3,(H,31,34)(H,32,33)(H,35,36)/t22?,23-/m1/s1. The summed E-state index contributed by atoms with van der Waals surface area (Å²) < 4.78 is 52.0. The molecular formula is C27H36F3N2O4P. The predicted molar refractivity (Wildman–Crippen MR) is 138 cm³/mol. The van der Waals surface area contributed by atoms with Crippen LogP contribution in [0.3, 0.4) is 0 Å². The first-order valence-corrected chi connectivity index (χ1v) is 14.1. The van der Waals surface area contributed by atoms with Crippen LogP contribution < -0.4 is 10.6 Å². The number of nitrogens with one attached hydrogen (secondary N) is 2. The van der Waals surface area contributed by atoms with Gasteiger partial charge >= 0.3 is 6.18 Å². The molecule has 6 nitrogen and oxygen atoms in total. The molecule has 0 saturated carbocycles. The molecule has 3 atom stereocenters. The van der Waals surface area contributed by atoms with Crippen LogP contribution in [0.15, 0.2) is 54.6 Å². The van der Waals surface area contributed by atoms with Gasteiger partial charge < -0.3 is 15.5 Å². The molecule has 3 N–H and O–H groups in total. The van der Waals surface area contributed by atoms with E-state index in [4.69, 9.17) is 0 Å². The summed E-state index contributed by atoms with van der Waals surface area (Å²) in [6.45, 7) is 5.11. The van der Waals surface area contributed by atoms with E-state index in [1.165, 1.54) is 7.05 Å². The van der Waals surface area contributed by atoms with E-state index in [0.29, 0.717) is 12.0 Å². The summed E-state index contributed by atoms with van der Waals surface area (Å²) in [6.07, 6.45) is -6.66. The van der Waals surface area contributed by atoms with Gasteiger partial charge in [-0.2, -0.15) is 13.2 Å². The fourth-order valence-corrected chi connectivity index (χ4v) is 5.96. The molecule has 204 valence electrons. The summed E-state index contributed by atoms with van der Waals surface area (Å²) in [5, 5.41) is 4.95. The summed E-state index contributed by atoms with van der Waals surface area (Å²) in [7, 11) is -2.64. The molecule has 0 aliphatic carbocycles. The first-order chi connectivity index (χ1) is 17.1. The molecule has 2 aromatic rings. The van der Waals surface area contributed by atoms with Gasteiger partial charge in [0.15, 0.2) is 0 Å². The normalized spacial score (nSPS) is 15.4. The van der Waals surface area contributed by atoms with Gasteiger partial charge in [0.25, 0.3) is 0 Å². The molecule has 0 saturated heterocycles. The SMILES string of the molecule is CNC(=O)[C@@H](NC(=O)C(CCC(F)(F)F)CP(=O)(O)Cc1ccc(Cc2ccccc2)cc1)C(C)(C)C. The van der Waals surface area contributed by atoms with Gasteiger partial charge in [0.2, 0.25) is 19.2 Å².